The van der Waals surface area contributed by atoms with Crippen molar-refractivity contribution in [1.29, 1.82) is 0 Å². The number of hydrogen-bond acceptors (Lipinski definition) is 5. The van der Waals surface area contributed by atoms with Gasteiger partial charge in [-0.3, -0.25) is 9.18 Å². The van der Waals surface area contributed by atoms with Gasteiger partial charge in [-0.15, -0.1) is 0 Å². The van der Waals surface area contributed by atoms with Crippen molar-refractivity contribution in [3.05, 3.63) is 47.7 Å². The van der Waals surface area contributed by atoms with E-state index in [0.29, 0.717) is 18.1 Å². The normalized spacial score (nSPS) is 11.2. The highest BCUT2D eigenvalue weighted by Gasteiger charge is 2.30. The number of methoxy groups -OCH3 is 1. The number of carbonyl (C=O) groups is 1. The maximum absolute atomic E-state index is 12.8. The van der Waals surface area contributed by atoms with E-state index in [1.54, 1.807) is 0 Å². The molecular formula is C18H18F4N2O3S. The first-order chi connectivity index (χ1) is 13.3. The number of aromatic nitrogens is 1. The van der Waals surface area contributed by atoms with Gasteiger partial charge in [-0.25, -0.2) is 4.98 Å². The molecule has 0 atom stereocenters. The molecule has 0 bridgehead atoms. The van der Waals surface area contributed by atoms with E-state index in [1.807, 2.05) is 0 Å². The lowest BCUT2D eigenvalue weighted by molar-refractivity contribution is -0.137. The number of pyridine rings is 1. The molecular weight excluding hydrogens is 400 g/mol. The third-order valence-electron chi connectivity index (χ3n) is 3.38. The minimum atomic E-state index is -4.51. The zero-order chi connectivity index (χ0) is 20.6. The number of carbonyl (C=O) groups excluding carboxylic acids is 1. The largest absolute Gasteiger partial charge is 0.496 e. The number of benzene rings is 1. The van der Waals surface area contributed by atoms with Crippen molar-refractivity contribution in [2.24, 2.45) is 0 Å². The van der Waals surface area contributed by atoms with Crippen LogP contribution in [-0.4, -0.2) is 42.7 Å². The smallest absolute Gasteiger partial charge is 0.416 e. The van der Waals surface area contributed by atoms with Gasteiger partial charge in [0.1, 0.15) is 17.2 Å². The predicted octanol–water partition coefficient (Wildman–Crippen LogP) is 4.33. The molecule has 0 aliphatic heterocycles. The maximum atomic E-state index is 12.8. The number of halogens is 4. The summed E-state index contributed by atoms with van der Waals surface area (Å²) in [6.07, 6.45) is -4.51. The number of thioether (sulfide) groups is 1. The number of nitrogens with zero attached hydrogens (tertiary/aromatic N) is 1. The first-order valence-corrected chi connectivity index (χ1v) is 9.32. The molecule has 5 nitrogen and oxygen atoms in total. The van der Waals surface area contributed by atoms with Crippen LogP contribution < -0.4 is 14.8 Å². The summed E-state index contributed by atoms with van der Waals surface area (Å²) in [4.78, 5) is 16.2. The van der Waals surface area contributed by atoms with Crippen LogP contribution >= 0.6 is 11.8 Å². The van der Waals surface area contributed by atoms with Gasteiger partial charge in [0.2, 0.25) is 5.88 Å². The van der Waals surface area contributed by atoms with Crippen molar-refractivity contribution >= 4 is 17.7 Å². The van der Waals surface area contributed by atoms with Gasteiger partial charge in [-0.1, -0.05) is 6.07 Å². The summed E-state index contributed by atoms with van der Waals surface area (Å²) in [5, 5.41) is 2.62. The zero-order valence-electron chi connectivity index (χ0n) is 14.9. The fraction of sp³-hybridized carbons (Fsp3) is 0.333. The Bertz CT molecular complexity index is 803. The van der Waals surface area contributed by atoms with E-state index in [0.717, 1.165) is 12.1 Å². The van der Waals surface area contributed by atoms with E-state index in [9.17, 15) is 22.4 Å². The van der Waals surface area contributed by atoms with Crippen LogP contribution in [0.4, 0.5) is 17.6 Å². The molecule has 152 valence electrons. The third kappa shape index (κ3) is 6.59. The Hall–Kier alpha value is -2.49. The van der Waals surface area contributed by atoms with E-state index in [2.05, 4.69) is 10.3 Å². The Morgan fingerprint density at radius 2 is 1.96 bits per heavy atom. The molecule has 1 N–H and O–H groups in total. The summed E-state index contributed by atoms with van der Waals surface area (Å²) in [6, 6.07) is 7.05. The molecule has 0 saturated heterocycles. The van der Waals surface area contributed by atoms with Gasteiger partial charge in [0, 0.05) is 30.2 Å². The second-order valence-corrected chi connectivity index (χ2v) is 6.64. The average molecular weight is 418 g/mol. The summed E-state index contributed by atoms with van der Waals surface area (Å²) in [5.74, 6) is 0.470. The molecule has 0 fully saturated rings. The molecule has 0 aliphatic rings. The van der Waals surface area contributed by atoms with Gasteiger partial charge >= 0.3 is 6.18 Å². The molecule has 1 heterocycles. The van der Waals surface area contributed by atoms with E-state index in [-0.39, 0.29) is 23.1 Å². The predicted molar refractivity (Wildman–Crippen MR) is 97.9 cm³/mol. The van der Waals surface area contributed by atoms with Crippen LogP contribution in [0.1, 0.15) is 16.1 Å². The Kier molecular flexibility index (Phi) is 7.91. The van der Waals surface area contributed by atoms with E-state index in [4.69, 9.17) is 9.47 Å². The summed E-state index contributed by atoms with van der Waals surface area (Å²) in [5.41, 5.74) is -0.881. The number of alkyl halides is 4. The van der Waals surface area contributed by atoms with Crippen LogP contribution in [0.2, 0.25) is 0 Å². The summed E-state index contributed by atoms with van der Waals surface area (Å²) >= 11 is 1.35. The minimum absolute atomic E-state index is 0.0168. The number of amides is 1. The Morgan fingerprint density at radius 1 is 1.18 bits per heavy atom. The second-order valence-electron chi connectivity index (χ2n) is 5.42. The van der Waals surface area contributed by atoms with Gasteiger partial charge in [0.25, 0.3) is 5.91 Å². The molecule has 10 heteroatoms. The summed E-state index contributed by atoms with van der Waals surface area (Å²) in [7, 11) is 1.37. The molecule has 2 rings (SSSR count). The van der Waals surface area contributed by atoms with Crippen LogP contribution in [0.5, 0.6) is 17.4 Å². The van der Waals surface area contributed by atoms with Crippen LogP contribution in [-0.2, 0) is 6.18 Å². The number of hydrogen-bond donors (Lipinski definition) is 1. The van der Waals surface area contributed by atoms with Crippen molar-refractivity contribution < 1.29 is 31.8 Å². The number of ether oxygens (including phenoxy) is 2. The van der Waals surface area contributed by atoms with Gasteiger partial charge in [0.05, 0.1) is 19.3 Å². The highest BCUT2D eigenvalue weighted by molar-refractivity contribution is 7.99. The SMILES string of the molecule is COc1cc(Oc2cccc(C(F)(F)F)c2)nc(C(=O)NCCSCCF)c1. The van der Waals surface area contributed by atoms with Gasteiger partial charge in [0.15, 0.2) is 0 Å². The molecule has 1 aromatic heterocycles. The lowest BCUT2D eigenvalue weighted by atomic mass is 10.2. The highest BCUT2D eigenvalue weighted by Crippen LogP contribution is 2.33. The Balaban J connectivity index is 2.13. The molecule has 0 aliphatic carbocycles. The lowest BCUT2D eigenvalue weighted by Crippen LogP contribution is -2.26. The average Bonchev–Trinajstić information content (AvgIpc) is 2.67. The Morgan fingerprint density at radius 3 is 2.64 bits per heavy atom. The van der Waals surface area contributed by atoms with E-state index >= 15 is 0 Å². The van der Waals surface area contributed by atoms with Gasteiger partial charge < -0.3 is 14.8 Å². The number of rotatable bonds is 9. The van der Waals surface area contributed by atoms with Crippen LogP contribution in [0, 0.1) is 0 Å². The fourth-order valence-electron chi connectivity index (χ4n) is 2.11. The van der Waals surface area contributed by atoms with Crippen LogP contribution in [0.25, 0.3) is 0 Å². The fourth-order valence-corrected chi connectivity index (χ4v) is 2.67. The molecule has 1 amide bonds. The second kappa shape index (κ2) is 10.2. The Labute approximate surface area is 163 Å². The number of nitrogens with one attached hydrogen (secondary N) is 1. The quantitative estimate of drug-likeness (QED) is 0.485. The molecule has 1 aromatic carbocycles. The first-order valence-electron chi connectivity index (χ1n) is 8.16. The van der Waals surface area contributed by atoms with Crippen molar-refractivity contribution in [2.45, 2.75) is 6.18 Å². The minimum Gasteiger partial charge on any atom is -0.496 e. The molecule has 2 aromatic rings. The van der Waals surface area contributed by atoms with Crippen molar-refractivity contribution in [2.75, 3.05) is 31.8 Å². The zero-order valence-corrected chi connectivity index (χ0v) is 15.7. The van der Waals surface area contributed by atoms with Gasteiger partial charge in [-0.05, 0) is 18.2 Å². The van der Waals surface area contributed by atoms with E-state index in [1.165, 1.54) is 43.1 Å². The molecule has 0 unspecified atom stereocenters. The summed E-state index contributed by atoms with van der Waals surface area (Å²) in [6.45, 7) is -0.126. The van der Waals surface area contributed by atoms with Crippen molar-refractivity contribution in [1.82, 2.24) is 10.3 Å². The lowest BCUT2D eigenvalue weighted by Gasteiger charge is -2.11. The monoisotopic (exact) mass is 418 g/mol. The third-order valence-corrected chi connectivity index (χ3v) is 4.32. The van der Waals surface area contributed by atoms with Crippen LogP contribution in [0.3, 0.4) is 0 Å². The molecule has 0 saturated carbocycles. The van der Waals surface area contributed by atoms with Crippen LogP contribution in [0.15, 0.2) is 36.4 Å². The molecule has 0 radical (unpaired) electrons. The van der Waals surface area contributed by atoms with E-state index < -0.39 is 24.3 Å². The van der Waals surface area contributed by atoms with Gasteiger partial charge in [-0.2, -0.15) is 24.9 Å². The first kappa shape index (κ1) is 21.8. The van der Waals surface area contributed by atoms with Crippen molar-refractivity contribution in [3.8, 4) is 17.4 Å². The topological polar surface area (TPSA) is 60.5 Å². The standard InChI is InChI=1S/C18H18F4N2O3S/c1-26-14-10-15(17(25)23-6-8-28-7-5-19)24-16(11-14)27-13-4-2-3-12(9-13)18(20,21)22/h2-4,9-11H,5-8H2,1H3,(H,23,25). The maximum Gasteiger partial charge on any atom is 0.416 e. The van der Waals surface area contributed by atoms with Crippen molar-refractivity contribution in [3.63, 3.8) is 0 Å². The summed E-state index contributed by atoms with van der Waals surface area (Å²) < 4.78 is 61.0. The molecule has 28 heavy (non-hydrogen) atoms. The molecule has 0 spiro atoms. The highest BCUT2D eigenvalue weighted by atomic mass is 32.2.